The molecule has 0 spiro atoms. The summed E-state index contributed by atoms with van der Waals surface area (Å²) in [5.74, 6) is -0.145. The Balaban J connectivity index is 1.64. The smallest absolute Gasteiger partial charge is 0.251 e. The number of hydrogen-bond donors (Lipinski definition) is 2. The molecule has 0 aliphatic heterocycles. The molecule has 1 amide bonds. The third kappa shape index (κ3) is 3.78. The molecule has 24 heavy (non-hydrogen) atoms. The minimum Gasteiger partial charge on any atom is -0.388 e. The standard InChI is InChI=1S/C20H20N2O2/c1-14(12-19(23)15-6-3-2-4-7-15)22-20(24)17-9-10-18-16(13-17)8-5-11-21-18/h2-11,13-14,19,23H,12H2,1H3,(H,22,24)/t14-,19+/m0/s1. The van der Waals surface area contributed by atoms with Gasteiger partial charge in [0.05, 0.1) is 11.6 Å². The molecular formula is C20H20N2O2. The summed E-state index contributed by atoms with van der Waals surface area (Å²) in [6.45, 7) is 1.90. The Hall–Kier alpha value is -2.72. The molecule has 0 aliphatic carbocycles. The zero-order valence-corrected chi connectivity index (χ0v) is 13.5. The van der Waals surface area contributed by atoms with Crippen LogP contribution in [0, 0.1) is 0 Å². The summed E-state index contributed by atoms with van der Waals surface area (Å²) in [5, 5.41) is 14.1. The summed E-state index contributed by atoms with van der Waals surface area (Å²) in [6.07, 6.45) is 1.60. The fourth-order valence-corrected chi connectivity index (χ4v) is 2.73. The Bertz CT molecular complexity index is 833. The van der Waals surface area contributed by atoms with Crippen molar-refractivity contribution in [2.24, 2.45) is 0 Å². The zero-order valence-electron chi connectivity index (χ0n) is 13.5. The number of amides is 1. The van der Waals surface area contributed by atoms with Crippen molar-refractivity contribution in [3.05, 3.63) is 78.0 Å². The van der Waals surface area contributed by atoms with Crippen LogP contribution in [0.15, 0.2) is 66.9 Å². The number of carbonyl (C=O) groups is 1. The fourth-order valence-electron chi connectivity index (χ4n) is 2.73. The Labute approximate surface area is 141 Å². The maximum absolute atomic E-state index is 12.4. The summed E-state index contributed by atoms with van der Waals surface area (Å²) in [7, 11) is 0. The summed E-state index contributed by atoms with van der Waals surface area (Å²) in [5.41, 5.74) is 2.31. The van der Waals surface area contributed by atoms with Crippen molar-refractivity contribution < 1.29 is 9.90 Å². The normalized spacial score (nSPS) is 13.4. The Kier molecular flexibility index (Phi) is 4.87. The lowest BCUT2D eigenvalue weighted by Crippen LogP contribution is -2.33. The van der Waals surface area contributed by atoms with Crippen LogP contribution in [0.1, 0.15) is 35.4 Å². The number of nitrogens with one attached hydrogen (secondary N) is 1. The van der Waals surface area contributed by atoms with Crippen LogP contribution in [-0.4, -0.2) is 22.0 Å². The quantitative estimate of drug-likeness (QED) is 0.756. The zero-order chi connectivity index (χ0) is 16.9. The van der Waals surface area contributed by atoms with Gasteiger partial charge in [0.25, 0.3) is 5.91 Å². The molecule has 0 saturated heterocycles. The molecule has 2 N–H and O–H groups in total. The highest BCUT2D eigenvalue weighted by atomic mass is 16.3. The van der Waals surface area contributed by atoms with E-state index in [9.17, 15) is 9.90 Å². The second kappa shape index (κ2) is 7.23. The van der Waals surface area contributed by atoms with Gasteiger partial charge < -0.3 is 10.4 Å². The summed E-state index contributed by atoms with van der Waals surface area (Å²) in [6, 6.07) is 18.6. The molecular weight excluding hydrogens is 300 g/mol. The van der Waals surface area contributed by atoms with Crippen LogP contribution in [0.25, 0.3) is 10.9 Å². The monoisotopic (exact) mass is 320 g/mol. The van der Waals surface area contributed by atoms with Gasteiger partial charge in [0.1, 0.15) is 0 Å². The lowest BCUT2D eigenvalue weighted by molar-refractivity contribution is 0.0917. The molecule has 2 atom stereocenters. The van der Waals surface area contributed by atoms with Gasteiger partial charge in [-0.25, -0.2) is 0 Å². The molecule has 1 heterocycles. The van der Waals surface area contributed by atoms with Gasteiger partial charge >= 0.3 is 0 Å². The molecule has 1 aromatic heterocycles. The van der Waals surface area contributed by atoms with Crippen LogP contribution in [-0.2, 0) is 0 Å². The molecule has 4 heteroatoms. The summed E-state index contributed by atoms with van der Waals surface area (Å²) < 4.78 is 0. The van der Waals surface area contributed by atoms with Crippen LogP contribution >= 0.6 is 0 Å². The molecule has 0 unspecified atom stereocenters. The van der Waals surface area contributed by atoms with Gasteiger partial charge in [-0.1, -0.05) is 36.4 Å². The molecule has 0 radical (unpaired) electrons. The van der Waals surface area contributed by atoms with Crippen LogP contribution < -0.4 is 5.32 Å². The first-order valence-electron chi connectivity index (χ1n) is 8.02. The predicted molar refractivity (Wildman–Crippen MR) is 94.7 cm³/mol. The van der Waals surface area contributed by atoms with Crippen molar-refractivity contribution in [3.63, 3.8) is 0 Å². The van der Waals surface area contributed by atoms with Gasteiger partial charge in [0.2, 0.25) is 0 Å². The highest BCUT2D eigenvalue weighted by Crippen LogP contribution is 2.18. The lowest BCUT2D eigenvalue weighted by Gasteiger charge is -2.18. The van der Waals surface area contributed by atoms with Crippen molar-refractivity contribution in [3.8, 4) is 0 Å². The van der Waals surface area contributed by atoms with Crippen molar-refractivity contribution in [2.45, 2.75) is 25.5 Å². The average Bonchev–Trinajstić information content (AvgIpc) is 2.61. The van der Waals surface area contributed by atoms with Gasteiger partial charge in [0, 0.05) is 23.2 Å². The third-order valence-electron chi connectivity index (χ3n) is 4.00. The van der Waals surface area contributed by atoms with E-state index in [0.717, 1.165) is 16.5 Å². The van der Waals surface area contributed by atoms with Crippen LogP contribution in [0.5, 0.6) is 0 Å². The van der Waals surface area contributed by atoms with Crippen molar-refractivity contribution >= 4 is 16.8 Å². The first-order valence-corrected chi connectivity index (χ1v) is 8.02. The first-order chi connectivity index (χ1) is 11.6. The average molecular weight is 320 g/mol. The van der Waals surface area contributed by atoms with Crippen LogP contribution in [0.4, 0.5) is 0 Å². The number of benzene rings is 2. The van der Waals surface area contributed by atoms with E-state index in [0.29, 0.717) is 12.0 Å². The highest BCUT2D eigenvalue weighted by Gasteiger charge is 2.15. The molecule has 0 aliphatic rings. The predicted octanol–water partition coefficient (Wildman–Crippen LogP) is 3.48. The second-order valence-electron chi connectivity index (χ2n) is 5.95. The number of rotatable bonds is 5. The van der Waals surface area contributed by atoms with E-state index in [1.807, 2.05) is 61.5 Å². The van der Waals surface area contributed by atoms with Gasteiger partial charge in [-0.05, 0) is 43.2 Å². The fraction of sp³-hybridized carbons (Fsp3) is 0.200. The maximum atomic E-state index is 12.4. The largest absolute Gasteiger partial charge is 0.388 e. The number of aliphatic hydroxyl groups excluding tert-OH is 1. The van der Waals surface area contributed by atoms with Crippen molar-refractivity contribution in [2.75, 3.05) is 0 Å². The number of pyridine rings is 1. The summed E-state index contributed by atoms with van der Waals surface area (Å²) >= 11 is 0. The van der Waals surface area contributed by atoms with E-state index in [2.05, 4.69) is 10.3 Å². The first kappa shape index (κ1) is 16.1. The van der Waals surface area contributed by atoms with Gasteiger partial charge in [-0.3, -0.25) is 9.78 Å². The Morgan fingerprint density at radius 3 is 2.71 bits per heavy atom. The molecule has 3 rings (SSSR count). The van der Waals surface area contributed by atoms with Crippen LogP contribution in [0.2, 0.25) is 0 Å². The number of aromatic nitrogens is 1. The molecule has 0 fully saturated rings. The SMILES string of the molecule is C[C@@H](C[C@@H](O)c1ccccc1)NC(=O)c1ccc2ncccc2c1. The summed E-state index contributed by atoms with van der Waals surface area (Å²) in [4.78, 5) is 16.7. The van der Waals surface area contributed by atoms with Crippen molar-refractivity contribution in [1.82, 2.24) is 10.3 Å². The number of carbonyl (C=O) groups excluding carboxylic acids is 1. The highest BCUT2D eigenvalue weighted by molar-refractivity contribution is 5.98. The number of hydrogen-bond acceptors (Lipinski definition) is 3. The molecule has 2 aromatic carbocycles. The maximum Gasteiger partial charge on any atom is 0.251 e. The van der Waals surface area contributed by atoms with Gasteiger partial charge in [0.15, 0.2) is 0 Å². The van der Waals surface area contributed by atoms with Crippen molar-refractivity contribution in [1.29, 1.82) is 0 Å². The third-order valence-corrected chi connectivity index (χ3v) is 4.00. The van der Waals surface area contributed by atoms with E-state index < -0.39 is 6.10 Å². The number of fused-ring (bicyclic) bond motifs is 1. The second-order valence-corrected chi connectivity index (χ2v) is 5.95. The molecule has 3 aromatic rings. The number of aliphatic hydroxyl groups is 1. The van der Waals surface area contributed by atoms with Gasteiger partial charge in [-0.2, -0.15) is 0 Å². The lowest BCUT2D eigenvalue weighted by atomic mass is 10.0. The Morgan fingerprint density at radius 1 is 1.12 bits per heavy atom. The van der Waals surface area contributed by atoms with E-state index in [1.165, 1.54) is 0 Å². The molecule has 4 nitrogen and oxygen atoms in total. The minimum atomic E-state index is -0.595. The van der Waals surface area contributed by atoms with E-state index >= 15 is 0 Å². The van der Waals surface area contributed by atoms with Gasteiger partial charge in [-0.15, -0.1) is 0 Å². The minimum absolute atomic E-state index is 0.141. The molecule has 122 valence electrons. The molecule has 0 bridgehead atoms. The van der Waals surface area contributed by atoms with E-state index in [4.69, 9.17) is 0 Å². The van der Waals surface area contributed by atoms with E-state index in [1.54, 1.807) is 12.3 Å². The Morgan fingerprint density at radius 2 is 1.92 bits per heavy atom. The number of nitrogens with zero attached hydrogens (tertiary/aromatic N) is 1. The molecule has 0 saturated carbocycles. The van der Waals surface area contributed by atoms with Crippen LogP contribution in [0.3, 0.4) is 0 Å². The topological polar surface area (TPSA) is 62.2 Å². The van der Waals surface area contributed by atoms with E-state index in [-0.39, 0.29) is 11.9 Å².